The van der Waals surface area contributed by atoms with E-state index in [9.17, 15) is 9.50 Å². The molecule has 0 bridgehead atoms. The van der Waals surface area contributed by atoms with E-state index in [1.165, 1.54) is 11.6 Å². The summed E-state index contributed by atoms with van der Waals surface area (Å²) in [4.78, 5) is 4.57. The van der Waals surface area contributed by atoms with Gasteiger partial charge in [0.05, 0.1) is 18.7 Å². The fourth-order valence-corrected chi connectivity index (χ4v) is 4.65. The zero-order valence-corrected chi connectivity index (χ0v) is 16.9. The summed E-state index contributed by atoms with van der Waals surface area (Å²) in [6.07, 6.45) is 0.331. The van der Waals surface area contributed by atoms with Gasteiger partial charge in [-0.05, 0) is 29.7 Å². The van der Waals surface area contributed by atoms with E-state index in [2.05, 4.69) is 36.7 Å². The molecule has 1 N–H and O–H groups in total. The van der Waals surface area contributed by atoms with E-state index in [1.807, 2.05) is 24.3 Å². The molecular formula is C23H26FN5O. The predicted molar refractivity (Wildman–Crippen MR) is 111 cm³/mol. The maximum Gasteiger partial charge on any atom is 0.150 e. The molecular weight excluding hydrogens is 381 g/mol. The second kappa shape index (κ2) is 8.26. The van der Waals surface area contributed by atoms with Crippen molar-refractivity contribution in [3.63, 3.8) is 0 Å². The van der Waals surface area contributed by atoms with E-state index >= 15 is 0 Å². The van der Waals surface area contributed by atoms with Gasteiger partial charge in [-0.3, -0.25) is 9.80 Å². The van der Waals surface area contributed by atoms with Crippen LogP contribution < -0.4 is 0 Å². The third-order valence-corrected chi connectivity index (χ3v) is 6.06. The van der Waals surface area contributed by atoms with Gasteiger partial charge in [-0.1, -0.05) is 42.5 Å². The number of halogens is 1. The highest BCUT2D eigenvalue weighted by atomic mass is 19.1. The Balaban J connectivity index is 1.32. The van der Waals surface area contributed by atoms with Crippen molar-refractivity contribution in [3.8, 4) is 0 Å². The highest BCUT2D eigenvalue weighted by molar-refractivity contribution is 5.18. The standard InChI is InChI=1S/C23H26FN5O/c24-19-8-4-7-18(11-19)13-27-9-10-29-22(16-27)25-26-23(29)21-12-20(30)15-28(21)14-17-5-2-1-3-6-17/h1-8,11,20-21,30H,9-10,12-16H2/t20-,21+/m1/s1. The third kappa shape index (κ3) is 4.01. The Morgan fingerprint density at radius 1 is 0.967 bits per heavy atom. The second-order valence-corrected chi connectivity index (χ2v) is 8.29. The van der Waals surface area contributed by atoms with Crippen LogP contribution in [0.3, 0.4) is 0 Å². The number of rotatable bonds is 5. The van der Waals surface area contributed by atoms with Gasteiger partial charge in [-0.2, -0.15) is 0 Å². The van der Waals surface area contributed by atoms with Gasteiger partial charge < -0.3 is 9.67 Å². The van der Waals surface area contributed by atoms with E-state index < -0.39 is 0 Å². The molecule has 1 saturated heterocycles. The highest BCUT2D eigenvalue weighted by Crippen LogP contribution is 2.33. The Labute approximate surface area is 175 Å². The lowest BCUT2D eigenvalue weighted by Crippen LogP contribution is -2.35. The number of β-amino-alcohol motifs (C(OH)–C–C–N with tert-alkyl or cyclic N) is 1. The summed E-state index contributed by atoms with van der Waals surface area (Å²) in [6.45, 7) is 4.49. The van der Waals surface area contributed by atoms with Crippen molar-refractivity contribution in [1.29, 1.82) is 0 Å². The lowest BCUT2D eigenvalue weighted by molar-refractivity contribution is 0.171. The minimum atomic E-state index is -0.347. The van der Waals surface area contributed by atoms with Crippen LogP contribution in [-0.2, 0) is 26.2 Å². The Kier molecular flexibility index (Phi) is 5.33. The maximum atomic E-state index is 13.5. The van der Waals surface area contributed by atoms with Gasteiger partial charge in [-0.15, -0.1) is 10.2 Å². The molecule has 0 radical (unpaired) electrons. The zero-order chi connectivity index (χ0) is 20.5. The number of aliphatic hydroxyl groups is 1. The van der Waals surface area contributed by atoms with Crippen LogP contribution in [0.5, 0.6) is 0 Å². The molecule has 156 valence electrons. The molecule has 2 aliphatic rings. The number of likely N-dealkylation sites (tertiary alicyclic amines) is 1. The zero-order valence-electron chi connectivity index (χ0n) is 16.9. The van der Waals surface area contributed by atoms with Gasteiger partial charge in [-0.25, -0.2) is 4.39 Å². The molecule has 0 unspecified atom stereocenters. The molecule has 6 nitrogen and oxygen atoms in total. The predicted octanol–water partition coefficient (Wildman–Crippen LogP) is 2.74. The third-order valence-electron chi connectivity index (χ3n) is 6.06. The SMILES string of the molecule is O[C@@H]1C[C@@H](c2nnc3n2CCN(Cc2cccc(F)c2)C3)N(Cc2ccccc2)C1. The molecule has 1 fully saturated rings. The minimum Gasteiger partial charge on any atom is -0.392 e. The van der Waals surface area contributed by atoms with Crippen molar-refractivity contribution in [2.75, 3.05) is 13.1 Å². The summed E-state index contributed by atoms with van der Waals surface area (Å²) in [5, 5.41) is 19.3. The summed E-state index contributed by atoms with van der Waals surface area (Å²) in [5.41, 5.74) is 2.20. The van der Waals surface area contributed by atoms with E-state index in [0.29, 0.717) is 26.1 Å². The van der Waals surface area contributed by atoms with E-state index in [0.717, 1.165) is 36.8 Å². The second-order valence-electron chi connectivity index (χ2n) is 8.29. The lowest BCUT2D eigenvalue weighted by Gasteiger charge is -2.30. The largest absolute Gasteiger partial charge is 0.392 e. The van der Waals surface area contributed by atoms with Crippen LogP contribution >= 0.6 is 0 Å². The molecule has 5 rings (SSSR count). The molecule has 0 spiro atoms. The van der Waals surface area contributed by atoms with Crippen LogP contribution in [0.1, 0.15) is 35.2 Å². The average Bonchev–Trinajstić information content (AvgIpc) is 3.31. The summed E-state index contributed by atoms with van der Waals surface area (Å²) in [7, 11) is 0. The number of hydrogen-bond donors (Lipinski definition) is 1. The van der Waals surface area contributed by atoms with Gasteiger partial charge in [0, 0.05) is 32.7 Å². The number of aliphatic hydroxyl groups excluding tert-OH is 1. The fraction of sp³-hybridized carbons (Fsp3) is 0.391. The summed E-state index contributed by atoms with van der Waals surface area (Å²) in [5.74, 6) is 1.69. The fourth-order valence-electron chi connectivity index (χ4n) is 4.65. The van der Waals surface area contributed by atoms with Gasteiger partial charge in [0.15, 0.2) is 5.82 Å². The molecule has 0 aliphatic carbocycles. The van der Waals surface area contributed by atoms with Crippen molar-refractivity contribution in [2.45, 2.75) is 44.7 Å². The van der Waals surface area contributed by atoms with Gasteiger partial charge in [0.1, 0.15) is 11.6 Å². The Morgan fingerprint density at radius 3 is 2.63 bits per heavy atom. The first-order chi connectivity index (χ1) is 14.7. The molecule has 3 aromatic rings. The molecule has 3 heterocycles. The molecule has 2 aromatic carbocycles. The first kappa shape index (κ1) is 19.4. The molecule has 30 heavy (non-hydrogen) atoms. The van der Waals surface area contributed by atoms with Gasteiger partial charge in [0.25, 0.3) is 0 Å². The topological polar surface area (TPSA) is 57.4 Å². The summed E-state index contributed by atoms with van der Waals surface area (Å²) < 4.78 is 15.7. The molecule has 0 amide bonds. The monoisotopic (exact) mass is 407 g/mol. The van der Waals surface area contributed by atoms with Crippen LogP contribution in [0.4, 0.5) is 4.39 Å². The van der Waals surface area contributed by atoms with Crippen molar-refractivity contribution >= 4 is 0 Å². The van der Waals surface area contributed by atoms with Gasteiger partial charge in [0.2, 0.25) is 0 Å². The van der Waals surface area contributed by atoms with Crippen LogP contribution in [-0.4, -0.2) is 48.9 Å². The minimum absolute atomic E-state index is 0.0659. The van der Waals surface area contributed by atoms with Gasteiger partial charge >= 0.3 is 0 Å². The Morgan fingerprint density at radius 2 is 1.80 bits per heavy atom. The van der Waals surface area contributed by atoms with Crippen molar-refractivity contribution in [1.82, 2.24) is 24.6 Å². The van der Waals surface area contributed by atoms with E-state index in [4.69, 9.17) is 0 Å². The first-order valence-corrected chi connectivity index (χ1v) is 10.5. The van der Waals surface area contributed by atoms with Crippen LogP contribution in [0.25, 0.3) is 0 Å². The quantitative estimate of drug-likeness (QED) is 0.705. The van der Waals surface area contributed by atoms with Crippen LogP contribution in [0, 0.1) is 5.82 Å². The summed E-state index contributed by atoms with van der Waals surface area (Å²) >= 11 is 0. The highest BCUT2D eigenvalue weighted by Gasteiger charge is 2.36. The van der Waals surface area contributed by atoms with Crippen LogP contribution in [0.2, 0.25) is 0 Å². The number of aromatic nitrogens is 3. The molecule has 1 aromatic heterocycles. The number of hydrogen-bond acceptors (Lipinski definition) is 5. The van der Waals surface area contributed by atoms with Crippen molar-refractivity contribution < 1.29 is 9.50 Å². The number of fused-ring (bicyclic) bond motifs is 1. The van der Waals surface area contributed by atoms with Crippen molar-refractivity contribution in [3.05, 3.63) is 83.2 Å². The molecule has 2 atom stereocenters. The normalized spacial score (nSPS) is 22.3. The van der Waals surface area contributed by atoms with Crippen molar-refractivity contribution in [2.24, 2.45) is 0 Å². The average molecular weight is 407 g/mol. The Hall–Kier alpha value is -2.61. The molecule has 7 heteroatoms. The summed E-state index contributed by atoms with van der Waals surface area (Å²) in [6, 6.07) is 17.2. The maximum absolute atomic E-state index is 13.5. The van der Waals surface area contributed by atoms with E-state index in [1.54, 1.807) is 12.1 Å². The number of nitrogens with zero attached hydrogens (tertiary/aromatic N) is 5. The van der Waals surface area contributed by atoms with E-state index in [-0.39, 0.29) is 18.0 Å². The number of benzene rings is 2. The lowest BCUT2D eigenvalue weighted by atomic mass is 10.1. The smallest absolute Gasteiger partial charge is 0.150 e. The first-order valence-electron chi connectivity index (χ1n) is 10.5. The van der Waals surface area contributed by atoms with Crippen LogP contribution in [0.15, 0.2) is 54.6 Å². The Bertz CT molecular complexity index is 1010. The molecule has 2 aliphatic heterocycles. The molecule has 0 saturated carbocycles.